The van der Waals surface area contributed by atoms with Crippen molar-refractivity contribution in [3.05, 3.63) is 28.2 Å². The molecule has 0 saturated carbocycles. The van der Waals surface area contributed by atoms with Crippen LogP contribution in [0.5, 0.6) is 0 Å². The van der Waals surface area contributed by atoms with E-state index in [4.69, 9.17) is 5.11 Å². The van der Waals surface area contributed by atoms with Gasteiger partial charge < -0.3 is 15.3 Å². The second-order valence-corrected chi connectivity index (χ2v) is 7.91. The maximum absolute atomic E-state index is 9.12. The fourth-order valence-electron chi connectivity index (χ4n) is 2.81. The van der Waals surface area contributed by atoms with Gasteiger partial charge in [-0.3, -0.25) is 0 Å². The number of nitrogens with one attached hydrogen (secondary N) is 1. The van der Waals surface area contributed by atoms with Crippen LogP contribution in [0.3, 0.4) is 0 Å². The molecule has 0 amide bonds. The first-order chi connectivity index (χ1) is 9.89. The van der Waals surface area contributed by atoms with E-state index in [0.717, 1.165) is 30.5 Å². The molecule has 0 spiro atoms. The van der Waals surface area contributed by atoms with Gasteiger partial charge in [-0.05, 0) is 57.2 Å². The van der Waals surface area contributed by atoms with E-state index in [1.54, 1.807) is 0 Å². The molecule has 1 atom stereocenters. The number of nitrogens with zero attached hydrogens (tertiary/aromatic N) is 1. The lowest BCUT2D eigenvalue weighted by atomic mass is 10.1. The van der Waals surface area contributed by atoms with Gasteiger partial charge in [0.25, 0.3) is 0 Å². The Morgan fingerprint density at radius 3 is 2.81 bits per heavy atom. The van der Waals surface area contributed by atoms with Crippen LogP contribution in [0.15, 0.2) is 22.7 Å². The average Bonchev–Trinajstić information content (AvgIpc) is 2.85. The predicted octanol–water partition coefficient (Wildman–Crippen LogP) is 3.55. The second-order valence-electron chi connectivity index (χ2n) is 6.99. The predicted molar refractivity (Wildman–Crippen MR) is 92.8 cm³/mol. The highest BCUT2D eigenvalue weighted by atomic mass is 79.9. The first-order valence-electron chi connectivity index (χ1n) is 7.78. The zero-order valence-corrected chi connectivity index (χ0v) is 14.9. The van der Waals surface area contributed by atoms with E-state index >= 15 is 0 Å². The van der Waals surface area contributed by atoms with Gasteiger partial charge >= 0.3 is 0 Å². The maximum Gasteiger partial charge on any atom is 0.0434 e. The van der Waals surface area contributed by atoms with Crippen molar-refractivity contribution in [2.75, 3.05) is 24.6 Å². The quantitative estimate of drug-likeness (QED) is 0.848. The Kier molecular flexibility index (Phi) is 5.69. The third-order valence-corrected chi connectivity index (χ3v) is 4.51. The minimum atomic E-state index is 0.120. The highest BCUT2D eigenvalue weighted by Gasteiger charge is 2.24. The number of rotatable bonds is 5. The van der Waals surface area contributed by atoms with Gasteiger partial charge in [0.1, 0.15) is 0 Å². The molecule has 118 valence electrons. The van der Waals surface area contributed by atoms with Gasteiger partial charge in [0.05, 0.1) is 0 Å². The molecule has 2 rings (SSSR count). The molecule has 2 N–H and O–H groups in total. The number of anilines is 1. The molecular formula is C17H27BrN2O. The molecule has 0 bridgehead atoms. The van der Waals surface area contributed by atoms with Gasteiger partial charge in [-0.25, -0.2) is 0 Å². The Balaban J connectivity index is 2.12. The van der Waals surface area contributed by atoms with Crippen LogP contribution in [0.2, 0.25) is 0 Å². The van der Waals surface area contributed by atoms with Gasteiger partial charge in [-0.15, -0.1) is 0 Å². The van der Waals surface area contributed by atoms with Crippen molar-refractivity contribution in [2.45, 2.75) is 45.7 Å². The molecule has 0 radical (unpaired) electrons. The monoisotopic (exact) mass is 354 g/mol. The van der Waals surface area contributed by atoms with Gasteiger partial charge in [0, 0.05) is 41.9 Å². The lowest BCUT2D eigenvalue weighted by Gasteiger charge is -2.26. The summed E-state index contributed by atoms with van der Waals surface area (Å²) in [5.41, 5.74) is 2.79. The summed E-state index contributed by atoms with van der Waals surface area (Å²) >= 11 is 3.59. The van der Waals surface area contributed by atoms with Gasteiger partial charge in [-0.1, -0.05) is 22.0 Å². The first-order valence-corrected chi connectivity index (χ1v) is 8.57. The van der Waals surface area contributed by atoms with Crippen molar-refractivity contribution in [1.82, 2.24) is 5.32 Å². The van der Waals surface area contributed by atoms with E-state index in [0.29, 0.717) is 12.5 Å². The Morgan fingerprint density at radius 1 is 1.38 bits per heavy atom. The Hall–Kier alpha value is -0.580. The Morgan fingerprint density at radius 2 is 2.14 bits per heavy atom. The smallest absolute Gasteiger partial charge is 0.0434 e. The zero-order chi connectivity index (χ0) is 15.5. The van der Waals surface area contributed by atoms with Crippen LogP contribution in [-0.4, -0.2) is 30.3 Å². The number of hydrogen-bond donors (Lipinski definition) is 2. The highest BCUT2D eigenvalue weighted by molar-refractivity contribution is 9.10. The molecule has 1 unspecified atom stereocenters. The Bertz CT molecular complexity index is 470. The number of benzene rings is 1. The maximum atomic E-state index is 9.12. The van der Waals surface area contributed by atoms with Crippen molar-refractivity contribution in [2.24, 2.45) is 5.92 Å². The van der Waals surface area contributed by atoms with E-state index in [1.165, 1.54) is 17.7 Å². The summed E-state index contributed by atoms with van der Waals surface area (Å²) < 4.78 is 1.13. The van der Waals surface area contributed by atoms with E-state index in [1.807, 2.05) is 0 Å². The highest BCUT2D eigenvalue weighted by Crippen LogP contribution is 2.31. The fraction of sp³-hybridized carbons (Fsp3) is 0.647. The van der Waals surface area contributed by atoms with E-state index in [-0.39, 0.29) is 5.54 Å². The molecule has 0 aromatic heterocycles. The summed E-state index contributed by atoms with van der Waals surface area (Å²) in [5, 5.41) is 12.7. The number of aliphatic hydroxyl groups excluding tert-OH is 1. The second kappa shape index (κ2) is 7.12. The first kappa shape index (κ1) is 16.8. The number of hydrogen-bond acceptors (Lipinski definition) is 3. The van der Waals surface area contributed by atoms with Crippen molar-refractivity contribution in [1.29, 1.82) is 0 Å². The topological polar surface area (TPSA) is 35.5 Å². The standard InChI is InChI=1S/C17H27BrN2O/c1-17(2,3)19-11-14-4-5-15(18)10-16(14)20-8-6-13(12-20)7-9-21/h4-5,10,13,19,21H,6-9,11-12H2,1-3H3. The molecule has 1 saturated heterocycles. The molecule has 1 aromatic rings. The molecule has 1 fully saturated rings. The fourth-order valence-corrected chi connectivity index (χ4v) is 3.16. The minimum Gasteiger partial charge on any atom is -0.396 e. The third-order valence-electron chi connectivity index (χ3n) is 4.02. The largest absolute Gasteiger partial charge is 0.396 e. The number of halogens is 1. The van der Waals surface area contributed by atoms with Crippen molar-refractivity contribution in [3.8, 4) is 0 Å². The summed E-state index contributed by atoms with van der Waals surface area (Å²) in [5.74, 6) is 0.623. The zero-order valence-electron chi connectivity index (χ0n) is 13.3. The van der Waals surface area contributed by atoms with E-state index < -0.39 is 0 Å². The van der Waals surface area contributed by atoms with Crippen molar-refractivity contribution < 1.29 is 5.11 Å². The molecule has 4 heteroatoms. The molecule has 3 nitrogen and oxygen atoms in total. The molecular weight excluding hydrogens is 328 g/mol. The lowest BCUT2D eigenvalue weighted by Crippen LogP contribution is -2.35. The Labute approximate surface area is 136 Å². The summed E-state index contributed by atoms with van der Waals surface area (Å²) in [7, 11) is 0. The normalized spacial score (nSPS) is 19.3. The van der Waals surface area contributed by atoms with Crippen LogP contribution in [0.1, 0.15) is 39.2 Å². The molecule has 1 aliphatic heterocycles. The summed E-state index contributed by atoms with van der Waals surface area (Å²) in [6, 6.07) is 6.54. The van der Waals surface area contributed by atoms with Crippen molar-refractivity contribution >= 4 is 21.6 Å². The third kappa shape index (κ3) is 4.97. The van der Waals surface area contributed by atoms with Gasteiger partial charge in [-0.2, -0.15) is 0 Å². The van der Waals surface area contributed by atoms with Crippen LogP contribution in [0, 0.1) is 5.92 Å². The molecule has 1 aromatic carbocycles. The van der Waals surface area contributed by atoms with Crippen molar-refractivity contribution in [3.63, 3.8) is 0 Å². The van der Waals surface area contributed by atoms with Crippen LogP contribution in [0.4, 0.5) is 5.69 Å². The average molecular weight is 355 g/mol. The van der Waals surface area contributed by atoms with Crippen LogP contribution >= 0.6 is 15.9 Å². The van der Waals surface area contributed by atoms with Crippen LogP contribution in [-0.2, 0) is 6.54 Å². The van der Waals surface area contributed by atoms with E-state index in [9.17, 15) is 0 Å². The summed E-state index contributed by atoms with van der Waals surface area (Å²) in [6.07, 6.45) is 2.10. The SMILES string of the molecule is CC(C)(C)NCc1ccc(Br)cc1N1CCC(CCO)C1. The molecule has 1 heterocycles. The lowest BCUT2D eigenvalue weighted by molar-refractivity contribution is 0.263. The molecule has 1 aliphatic rings. The van der Waals surface area contributed by atoms with Gasteiger partial charge in [0.2, 0.25) is 0 Å². The summed E-state index contributed by atoms with van der Waals surface area (Å²) in [6.45, 7) is 9.90. The minimum absolute atomic E-state index is 0.120. The molecule has 0 aliphatic carbocycles. The van der Waals surface area contributed by atoms with Crippen LogP contribution < -0.4 is 10.2 Å². The number of aliphatic hydroxyl groups is 1. The van der Waals surface area contributed by atoms with Crippen LogP contribution in [0.25, 0.3) is 0 Å². The van der Waals surface area contributed by atoms with Gasteiger partial charge in [0.15, 0.2) is 0 Å². The van der Waals surface area contributed by atoms with E-state index in [2.05, 4.69) is 65.1 Å². The summed E-state index contributed by atoms with van der Waals surface area (Å²) in [4.78, 5) is 2.46. The molecule has 21 heavy (non-hydrogen) atoms.